The third kappa shape index (κ3) is 4.58. The Morgan fingerprint density at radius 3 is 2.64 bits per heavy atom. The lowest BCUT2D eigenvalue weighted by Gasteiger charge is -2.27. The van der Waals surface area contributed by atoms with Crippen LogP contribution in [-0.2, 0) is 11.0 Å². The maximum atomic E-state index is 13.0. The fourth-order valence-electron chi connectivity index (χ4n) is 3.44. The van der Waals surface area contributed by atoms with Crippen LogP contribution in [-0.4, -0.2) is 42.1 Å². The molecule has 0 aliphatic carbocycles. The van der Waals surface area contributed by atoms with E-state index in [1.54, 1.807) is 4.90 Å². The lowest BCUT2D eigenvalue weighted by molar-refractivity contribution is -0.143. The highest BCUT2D eigenvalue weighted by molar-refractivity contribution is 5.85. The third-order valence-corrected chi connectivity index (χ3v) is 4.68. The number of amides is 1. The van der Waals surface area contributed by atoms with Crippen LogP contribution in [0.3, 0.4) is 0 Å². The van der Waals surface area contributed by atoms with Crippen molar-refractivity contribution < 1.29 is 22.7 Å². The van der Waals surface area contributed by atoms with Gasteiger partial charge in [0.15, 0.2) is 6.10 Å². The van der Waals surface area contributed by atoms with Gasteiger partial charge in [-0.1, -0.05) is 12.1 Å². The average Bonchev–Trinajstić information content (AvgIpc) is 2.85. The van der Waals surface area contributed by atoms with Crippen molar-refractivity contribution in [2.45, 2.75) is 50.6 Å². The number of hydrogen-bond donors (Lipinski definition) is 1. The summed E-state index contributed by atoms with van der Waals surface area (Å²) in [6.45, 7) is 2.71. The van der Waals surface area contributed by atoms with E-state index < -0.39 is 17.8 Å². The zero-order chi connectivity index (χ0) is 17.3. The van der Waals surface area contributed by atoms with Crippen molar-refractivity contribution in [3.05, 3.63) is 29.8 Å². The summed E-state index contributed by atoms with van der Waals surface area (Å²) < 4.78 is 44.5. The first kappa shape index (κ1) is 19.8. The third-order valence-electron chi connectivity index (χ3n) is 4.68. The second-order valence-electron chi connectivity index (χ2n) is 6.46. The molecule has 2 fully saturated rings. The van der Waals surface area contributed by atoms with Crippen LogP contribution in [0.15, 0.2) is 24.3 Å². The predicted octanol–water partition coefficient (Wildman–Crippen LogP) is 3.25. The Kier molecular flexibility index (Phi) is 6.21. The molecule has 4 nitrogen and oxygen atoms in total. The topological polar surface area (TPSA) is 41.6 Å². The van der Waals surface area contributed by atoms with E-state index in [1.165, 1.54) is 25.1 Å². The molecular weight excluding hydrogens is 357 g/mol. The van der Waals surface area contributed by atoms with Crippen LogP contribution in [0, 0.1) is 0 Å². The summed E-state index contributed by atoms with van der Waals surface area (Å²) in [6, 6.07) is 5.70. The molecule has 25 heavy (non-hydrogen) atoms. The predicted molar refractivity (Wildman–Crippen MR) is 89.9 cm³/mol. The van der Waals surface area contributed by atoms with Crippen LogP contribution in [0.25, 0.3) is 0 Å². The van der Waals surface area contributed by atoms with Gasteiger partial charge in [0.2, 0.25) is 0 Å². The molecule has 2 saturated heterocycles. The zero-order valence-electron chi connectivity index (χ0n) is 13.9. The molecular formula is C17H22ClF3N2O2. The zero-order valence-corrected chi connectivity index (χ0v) is 14.7. The summed E-state index contributed by atoms with van der Waals surface area (Å²) >= 11 is 0. The van der Waals surface area contributed by atoms with Gasteiger partial charge >= 0.3 is 6.18 Å². The van der Waals surface area contributed by atoms with Gasteiger partial charge in [-0.05, 0) is 38.3 Å². The van der Waals surface area contributed by atoms with E-state index >= 15 is 0 Å². The number of carbonyl (C=O) groups is 1. The van der Waals surface area contributed by atoms with Crippen LogP contribution in [0.5, 0.6) is 5.75 Å². The first-order chi connectivity index (χ1) is 11.3. The summed E-state index contributed by atoms with van der Waals surface area (Å²) in [6.07, 6.45) is -2.44. The maximum Gasteiger partial charge on any atom is 0.419 e. The van der Waals surface area contributed by atoms with Gasteiger partial charge in [0, 0.05) is 25.2 Å². The van der Waals surface area contributed by atoms with E-state index in [-0.39, 0.29) is 30.1 Å². The Hall–Kier alpha value is -1.47. The highest BCUT2D eigenvalue weighted by atomic mass is 35.5. The molecule has 1 N–H and O–H groups in total. The Morgan fingerprint density at radius 1 is 1.24 bits per heavy atom. The number of rotatable bonds is 3. The highest BCUT2D eigenvalue weighted by Crippen LogP contribution is 2.36. The summed E-state index contributed by atoms with van der Waals surface area (Å²) in [5.74, 6) is -0.568. The van der Waals surface area contributed by atoms with Gasteiger partial charge in [0.05, 0.1) is 5.56 Å². The van der Waals surface area contributed by atoms with Gasteiger partial charge in [0.25, 0.3) is 5.91 Å². The lowest BCUT2D eigenvalue weighted by atomic mass is 10.1. The van der Waals surface area contributed by atoms with Crippen molar-refractivity contribution in [1.29, 1.82) is 0 Å². The lowest BCUT2D eigenvalue weighted by Crippen LogP contribution is -2.45. The number of hydrogen-bond acceptors (Lipinski definition) is 3. The molecule has 2 bridgehead atoms. The molecule has 3 atom stereocenters. The number of para-hydroxylation sites is 1. The number of likely N-dealkylation sites (tertiary alicyclic amines) is 1. The number of carbonyl (C=O) groups excluding carboxylic acids is 1. The minimum absolute atomic E-state index is 0. The van der Waals surface area contributed by atoms with E-state index in [0.29, 0.717) is 19.1 Å². The number of nitrogens with one attached hydrogen (secondary N) is 1. The van der Waals surface area contributed by atoms with E-state index in [0.717, 1.165) is 25.3 Å². The van der Waals surface area contributed by atoms with Crippen LogP contribution in [0.4, 0.5) is 13.2 Å². The molecule has 0 spiro atoms. The van der Waals surface area contributed by atoms with Gasteiger partial charge in [-0.2, -0.15) is 13.2 Å². The molecule has 2 aliphatic heterocycles. The molecule has 1 aromatic rings. The maximum absolute atomic E-state index is 13.0. The van der Waals surface area contributed by atoms with Crippen molar-refractivity contribution in [3.63, 3.8) is 0 Å². The fraction of sp³-hybridized carbons (Fsp3) is 0.588. The number of ether oxygens (including phenoxy) is 1. The molecule has 2 heterocycles. The smallest absolute Gasteiger partial charge is 0.419 e. The Balaban J connectivity index is 0.00000225. The molecule has 8 heteroatoms. The highest BCUT2D eigenvalue weighted by Gasteiger charge is 2.36. The van der Waals surface area contributed by atoms with E-state index in [9.17, 15) is 18.0 Å². The second-order valence-corrected chi connectivity index (χ2v) is 6.46. The normalized spacial score (nSPS) is 24.2. The number of benzene rings is 1. The molecule has 0 aromatic heterocycles. The number of fused-ring (bicyclic) bond motifs is 2. The van der Waals surface area contributed by atoms with Crippen molar-refractivity contribution in [1.82, 2.24) is 10.2 Å². The monoisotopic (exact) mass is 378 g/mol. The minimum atomic E-state index is -4.51. The first-order valence-corrected chi connectivity index (χ1v) is 8.22. The van der Waals surface area contributed by atoms with Crippen molar-refractivity contribution in [2.75, 3.05) is 13.1 Å². The molecule has 3 rings (SSSR count). The SMILES string of the molecule is CC(Oc1ccccc1C(F)(F)F)C(=O)N1CCC2CCC(C1)N2.Cl. The van der Waals surface area contributed by atoms with E-state index in [4.69, 9.17) is 4.74 Å². The van der Waals surface area contributed by atoms with Crippen molar-refractivity contribution in [3.8, 4) is 5.75 Å². The molecule has 1 aromatic carbocycles. The number of nitrogens with zero attached hydrogens (tertiary/aromatic N) is 1. The fourth-order valence-corrected chi connectivity index (χ4v) is 3.44. The Bertz CT molecular complexity index is 612. The molecule has 1 amide bonds. The largest absolute Gasteiger partial charge is 0.480 e. The van der Waals surface area contributed by atoms with Gasteiger partial charge in [-0.3, -0.25) is 4.79 Å². The second kappa shape index (κ2) is 7.83. The quantitative estimate of drug-likeness (QED) is 0.878. The Labute approximate surface area is 151 Å². The average molecular weight is 379 g/mol. The van der Waals surface area contributed by atoms with Crippen LogP contribution < -0.4 is 10.1 Å². The molecule has 2 aliphatic rings. The summed E-state index contributed by atoms with van der Waals surface area (Å²) in [5.41, 5.74) is -0.860. The Morgan fingerprint density at radius 2 is 1.92 bits per heavy atom. The standard InChI is InChI=1S/C17H21F3N2O2.ClH/c1-11(24-15-5-3-2-4-14(15)17(18,19)20)16(23)22-9-8-12-6-7-13(10-22)21-12;/h2-5,11-13,21H,6-10H2,1H3;1H. The summed E-state index contributed by atoms with van der Waals surface area (Å²) in [4.78, 5) is 14.3. The van der Waals surface area contributed by atoms with Gasteiger partial charge in [-0.15, -0.1) is 12.4 Å². The number of halogens is 4. The van der Waals surface area contributed by atoms with Crippen LogP contribution in [0.2, 0.25) is 0 Å². The number of alkyl halides is 3. The van der Waals surface area contributed by atoms with Gasteiger partial charge < -0.3 is 15.0 Å². The summed E-state index contributed by atoms with van der Waals surface area (Å²) in [7, 11) is 0. The van der Waals surface area contributed by atoms with Gasteiger partial charge in [0.1, 0.15) is 5.75 Å². The molecule has 0 radical (unpaired) electrons. The summed E-state index contributed by atoms with van der Waals surface area (Å²) in [5, 5.41) is 3.47. The first-order valence-electron chi connectivity index (χ1n) is 8.22. The van der Waals surface area contributed by atoms with Crippen molar-refractivity contribution >= 4 is 18.3 Å². The van der Waals surface area contributed by atoms with E-state index in [1.807, 2.05) is 0 Å². The molecule has 3 unspecified atom stereocenters. The van der Waals surface area contributed by atoms with Gasteiger partial charge in [-0.25, -0.2) is 0 Å². The van der Waals surface area contributed by atoms with E-state index in [2.05, 4.69) is 5.32 Å². The molecule has 0 saturated carbocycles. The van der Waals surface area contributed by atoms with Crippen LogP contribution in [0.1, 0.15) is 31.7 Å². The minimum Gasteiger partial charge on any atom is -0.480 e. The van der Waals surface area contributed by atoms with Crippen molar-refractivity contribution in [2.24, 2.45) is 0 Å². The molecule has 140 valence electrons. The van der Waals surface area contributed by atoms with Crippen LogP contribution >= 0.6 is 12.4 Å².